The lowest BCUT2D eigenvalue weighted by Gasteiger charge is -2.39. The number of amides is 1. The highest BCUT2D eigenvalue weighted by Crippen LogP contribution is 2.30. The Labute approximate surface area is 196 Å². The van der Waals surface area contributed by atoms with E-state index in [4.69, 9.17) is 16.3 Å². The van der Waals surface area contributed by atoms with E-state index in [1.54, 1.807) is 35.2 Å². The lowest BCUT2D eigenvalue weighted by atomic mass is 10.1. The van der Waals surface area contributed by atoms with Gasteiger partial charge in [0, 0.05) is 51.4 Å². The molecular weight excluding hydrogens is 447 g/mol. The molecule has 2 aromatic carbocycles. The van der Waals surface area contributed by atoms with E-state index in [0.717, 1.165) is 5.56 Å². The lowest BCUT2D eigenvalue weighted by molar-refractivity contribution is 0.0964. The minimum Gasteiger partial charge on any atom is -0.456 e. The second-order valence-corrected chi connectivity index (χ2v) is 8.50. The summed E-state index contributed by atoms with van der Waals surface area (Å²) in [7, 11) is 0. The predicted molar refractivity (Wildman–Crippen MR) is 122 cm³/mol. The highest BCUT2D eigenvalue weighted by molar-refractivity contribution is 6.32. The molecule has 0 radical (unpaired) electrons. The number of hydrogen-bond donors (Lipinski definition) is 0. The molecule has 0 saturated carbocycles. The fraction of sp³-hybridized carbons (Fsp3) is 0.292. The van der Waals surface area contributed by atoms with Gasteiger partial charge in [-0.25, -0.2) is 9.18 Å². The van der Waals surface area contributed by atoms with Gasteiger partial charge in [-0.1, -0.05) is 23.7 Å². The number of Topliss-reactive ketones (excluding diaryl/α,β-unsaturated/α-hetero) is 1. The molecule has 1 amide bonds. The zero-order chi connectivity index (χ0) is 23.5. The fourth-order valence-electron chi connectivity index (χ4n) is 3.89. The van der Waals surface area contributed by atoms with E-state index in [9.17, 15) is 14.0 Å². The molecule has 2 heterocycles. The molecule has 1 saturated heterocycles. The number of piperazine rings is 1. The number of ketones is 1. The van der Waals surface area contributed by atoms with Crippen molar-refractivity contribution in [2.24, 2.45) is 0 Å². The molecule has 0 spiro atoms. The van der Waals surface area contributed by atoms with Crippen LogP contribution in [0.25, 0.3) is 0 Å². The number of carbonyl (C=O) groups is 2. The number of rotatable bonds is 5. The van der Waals surface area contributed by atoms with Crippen LogP contribution >= 0.6 is 11.6 Å². The molecule has 1 aliphatic heterocycles. The Morgan fingerprint density at radius 2 is 1.97 bits per heavy atom. The molecule has 7 nitrogen and oxygen atoms in total. The molecule has 3 aromatic rings. The van der Waals surface area contributed by atoms with Gasteiger partial charge in [0.1, 0.15) is 23.0 Å². The van der Waals surface area contributed by atoms with Gasteiger partial charge >= 0.3 is 6.03 Å². The molecule has 0 N–H and O–H groups in total. The van der Waals surface area contributed by atoms with E-state index in [1.165, 1.54) is 36.0 Å². The SMILES string of the molecule is CC(=O)c1ccn(C(=O)N2CCN(Cc3cc(F)cc(Oc4ccccc4Cl)c3)C[C@@H]2C)n1. The third-order valence-electron chi connectivity index (χ3n) is 5.50. The summed E-state index contributed by atoms with van der Waals surface area (Å²) in [6.07, 6.45) is 1.51. The minimum atomic E-state index is -0.392. The monoisotopic (exact) mass is 470 g/mol. The molecule has 1 aliphatic rings. The summed E-state index contributed by atoms with van der Waals surface area (Å²) in [4.78, 5) is 28.2. The summed E-state index contributed by atoms with van der Waals surface area (Å²) >= 11 is 6.14. The number of ether oxygens (including phenoxy) is 1. The molecule has 33 heavy (non-hydrogen) atoms. The average molecular weight is 471 g/mol. The van der Waals surface area contributed by atoms with Crippen molar-refractivity contribution in [3.05, 3.63) is 76.8 Å². The molecule has 0 unspecified atom stereocenters. The number of halogens is 2. The predicted octanol–water partition coefficient (Wildman–Crippen LogP) is 4.84. The second kappa shape index (κ2) is 9.72. The smallest absolute Gasteiger partial charge is 0.344 e. The number of para-hydroxylation sites is 1. The largest absolute Gasteiger partial charge is 0.456 e. The van der Waals surface area contributed by atoms with Crippen LogP contribution in [0.3, 0.4) is 0 Å². The van der Waals surface area contributed by atoms with Crippen molar-refractivity contribution in [2.75, 3.05) is 19.6 Å². The average Bonchev–Trinajstić information content (AvgIpc) is 3.25. The van der Waals surface area contributed by atoms with Crippen LogP contribution in [0.1, 0.15) is 29.9 Å². The molecule has 0 bridgehead atoms. The van der Waals surface area contributed by atoms with E-state index >= 15 is 0 Å². The van der Waals surface area contributed by atoms with Crippen LogP contribution in [0.4, 0.5) is 9.18 Å². The Bertz CT molecular complexity index is 1180. The summed E-state index contributed by atoms with van der Waals surface area (Å²) in [5.41, 5.74) is 1.03. The van der Waals surface area contributed by atoms with Crippen molar-refractivity contribution >= 4 is 23.4 Å². The molecule has 1 aromatic heterocycles. The van der Waals surface area contributed by atoms with Crippen molar-refractivity contribution in [1.29, 1.82) is 0 Å². The van der Waals surface area contributed by atoms with Gasteiger partial charge in [0.15, 0.2) is 5.78 Å². The first-order chi connectivity index (χ1) is 15.8. The van der Waals surface area contributed by atoms with Crippen LogP contribution in [0.15, 0.2) is 54.7 Å². The Morgan fingerprint density at radius 3 is 2.67 bits per heavy atom. The highest BCUT2D eigenvalue weighted by atomic mass is 35.5. The molecular formula is C24H24ClFN4O3. The molecule has 172 valence electrons. The summed E-state index contributed by atoms with van der Waals surface area (Å²) in [6.45, 7) is 5.61. The van der Waals surface area contributed by atoms with Gasteiger partial charge < -0.3 is 9.64 Å². The van der Waals surface area contributed by atoms with Crippen molar-refractivity contribution in [3.63, 3.8) is 0 Å². The maximum atomic E-state index is 14.3. The van der Waals surface area contributed by atoms with E-state index in [-0.39, 0.29) is 23.6 Å². The number of benzene rings is 2. The van der Waals surface area contributed by atoms with Crippen LogP contribution in [0.5, 0.6) is 11.5 Å². The molecule has 9 heteroatoms. The molecule has 1 fully saturated rings. The second-order valence-electron chi connectivity index (χ2n) is 8.09. The quantitative estimate of drug-likeness (QED) is 0.499. The number of hydrogen-bond acceptors (Lipinski definition) is 5. The summed E-state index contributed by atoms with van der Waals surface area (Å²) in [6, 6.07) is 12.8. The normalized spacial score (nSPS) is 16.6. The van der Waals surface area contributed by atoms with Crippen LogP contribution < -0.4 is 4.74 Å². The third-order valence-corrected chi connectivity index (χ3v) is 5.82. The molecule has 4 rings (SSSR count). The summed E-state index contributed by atoms with van der Waals surface area (Å²) in [5, 5.41) is 4.51. The van der Waals surface area contributed by atoms with Crippen molar-refractivity contribution in [1.82, 2.24) is 19.6 Å². The number of nitrogens with zero attached hydrogens (tertiary/aromatic N) is 4. The first kappa shape index (κ1) is 22.9. The maximum Gasteiger partial charge on any atom is 0.344 e. The highest BCUT2D eigenvalue weighted by Gasteiger charge is 2.29. The van der Waals surface area contributed by atoms with Crippen LogP contribution in [0.2, 0.25) is 5.02 Å². The Balaban J connectivity index is 1.40. The van der Waals surface area contributed by atoms with Crippen molar-refractivity contribution in [3.8, 4) is 11.5 Å². The fourth-order valence-corrected chi connectivity index (χ4v) is 4.07. The maximum absolute atomic E-state index is 14.3. The summed E-state index contributed by atoms with van der Waals surface area (Å²) in [5.74, 6) is 0.256. The van der Waals surface area contributed by atoms with Crippen LogP contribution in [-0.2, 0) is 6.54 Å². The van der Waals surface area contributed by atoms with Crippen molar-refractivity contribution < 1.29 is 18.7 Å². The van der Waals surface area contributed by atoms with Gasteiger partial charge in [-0.15, -0.1) is 0 Å². The van der Waals surface area contributed by atoms with E-state index < -0.39 is 5.82 Å². The van der Waals surface area contributed by atoms with Gasteiger partial charge in [-0.05, 0) is 42.8 Å². The van der Waals surface area contributed by atoms with Crippen LogP contribution in [-0.4, -0.2) is 57.1 Å². The first-order valence-corrected chi connectivity index (χ1v) is 11.0. The van der Waals surface area contributed by atoms with Gasteiger partial charge in [0.05, 0.1) is 5.02 Å². The van der Waals surface area contributed by atoms with Gasteiger partial charge in [-0.2, -0.15) is 9.78 Å². The van der Waals surface area contributed by atoms with Gasteiger partial charge in [0.2, 0.25) is 0 Å². The number of aromatic nitrogens is 2. The van der Waals surface area contributed by atoms with Gasteiger partial charge in [-0.3, -0.25) is 9.69 Å². The molecule has 0 aliphatic carbocycles. The first-order valence-electron chi connectivity index (χ1n) is 10.6. The van der Waals surface area contributed by atoms with E-state index in [0.29, 0.717) is 42.7 Å². The lowest BCUT2D eigenvalue weighted by Crippen LogP contribution is -2.54. The minimum absolute atomic E-state index is 0.0800. The Kier molecular flexibility index (Phi) is 6.76. The summed E-state index contributed by atoms with van der Waals surface area (Å²) < 4.78 is 21.2. The zero-order valence-corrected chi connectivity index (χ0v) is 19.1. The Morgan fingerprint density at radius 1 is 1.18 bits per heavy atom. The van der Waals surface area contributed by atoms with Crippen LogP contribution in [0, 0.1) is 5.82 Å². The zero-order valence-electron chi connectivity index (χ0n) is 18.4. The molecule has 1 atom stereocenters. The number of carbonyl (C=O) groups excluding carboxylic acids is 2. The van der Waals surface area contributed by atoms with Gasteiger partial charge in [0.25, 0.3) is 0 Å². The standard InChI is InChI=1S/C24H24ClFN4O3/c1-16-14-28(9-10-29(16)24(32)30-8-7-22(27-30)17(2)31)15-18-11-19(26)13-20(12-18)33-23-6-4-3-5-21(23)25/h3-8,11-13,16H,9-10,14-15H2,1-2H3/t16-/m0/s1. The third kappa shape index (κ3) is 5.40. The van der Waals surface area contributed by atoms with E-state index in [2.05, 4.69) is 10.00 Å². The van der Waals surface area contributed by atoms with Crippen molar-refractivity contribution in [2.45, 2.75) is 26.4 Å². The van der Waals surface area contributed by atoms with E-state index in [1.807, 2.05) is 6.92 Å². The topological polar surface area (TPSA) is 67.7 Å². The Hall–Kier alpha value is -3.23.